The highest BCUT2D eigenvalue weighted by molar-refractivity contribution is 7.00. The van der Waals surface area contributed by atoms with Gasteiger partial charge in [-0.1, -0.05) is 30.3 Å². The van der Waals surface area contributed by atoms with Gasteiger partial charge >= 0.3 is 0 Å². The molecule has 24 heavy (non-hydrogen) atoms. The van der Waals surface area contributed by atoms with Crippen LogP contribution in [-0.2, 0) is 0 Å². The molecule has 3 aromatic rings. The number of hydrogen-bond donors (Lipinski definition) is 0. The topological polar surface area (TPSA) is 46.1 Å². The van der Waals surface area contributed by atoms with Crippen LogP contribution in [0.1, 0.15) is 34.7 Å². The second kappa shape index (κ2) is 5.11. The van der Waals surface area contributed by atoms with Crippen LogP contribution >= 0.6 is 11.7 Å². The van der Waals surface area contributed by atoms with Crippen molar-refractivity contribution in [3.05, 3.63) is 59.7 Å². The van der Waals surface area contributed by atoms with E-state index < -0.39 is 0 Å². The van der Waals surface area contributed by atoms with Gasteiger partial charge in [-0.15, -0.1) is 0 Å². The minimum Gasteiger partial charge on any atom is -0.337 e. The predicted octanol–water partition coefficient (Wildman–Crippen LogP) is 3.71. The molecule has 1 saturated heterocycles. The average molecular weight is 335 g/mol. The van der Waals surface area contributed by atoms with Crippen LogP contribution in [0.4, 0.5) is 0 Å². The van der Waals surface area contributed by atoms with Crippen LogP contribution in [0.3, 0.4) is 0 Å². The predicted molar refractivity (Wildman–Crippen MR) is 94.2 cm³/mol. The third-order valence-electron chi connectivity index (χ3n) is 5.47. The van der Waals surface area contributed by atoms with Crippen molar-refractivity contribution in [2.24, 2.45) is 5.41 Å². The summed E-state index contributed by atoms with van der Waals surface area (Å²) in [5.41, 5.74) is 4.20. The summed E-state index contributed by atoms with van der Waals surface area (Å²) in [6, 6.07) is 16.3. The molecule has 2 heterocycles. The van der Waals surface area contributed by atoms with E-state index in [4.69, 9.17) is 0 Å². The molecule has 0 bridgehead atoms. The van der Waals surface area contributed by atoms with Gasteiger partial charge in [0.1, 0.15) is 11.0 Å². The number of nitrogens with zero attached hydrogens (tertiary/aromatic N) is 3. The average Bonchev–Trinajstić information content (AvgIpc) is 3.00. The smallest absolute Gasteiger partial charge is 0.253 e. The lowest BCUT2D eigenvalue weighted by Gasteiger charge is -2.59. The van der Waals surface area contributed by atoms with Crippen molar-refractivity contribution in [2.75, 3.05) is 13.1 Å². The second-order valence-corrected chi connectivity index (χ2v) is 7.67. The number of amides is 1. The maximum Gasteiger partial charge on any atom is 0.253 e. The van der Waals surface area contributed by atoms with Crippen molar-refractivity contribution in [3.63, 3.8) is 0 Å². The fraction of sp³-hybridized carbons (Fsp3) is 0.316. The summed E-state index contributed by atoms with van der Waals surface area (Å²) in [4.78, 5) is 14.6. The zero-order chi connectivity index (χ0) is 16.1. The first-order valence-corrected chi connectivity index (χ1v) is 9.02. The van der Waals surface area contributed by atoms with Gasteiger partial charge in [0.05, 0.1) is 11.7 Å². The summed E-state index contributed by atoms with van der Waals surface area (Å²) in [6.45, 7) is 1.78. The molecule has 1 amide bonds. The molecule has 0 unspecified atom stereocenters. The van der Waals surface area contributed by atoms with Gasteiger partial charge in [0, 0.05) is 24.1 Å². The van der Waals surface area contributed by atoms with Gasteiger partial charge in [0.15, 0.2) is 0 Å². The minimum atomic E-state index is 0.124. The van der Waals surface area contributed by atoms with Crippen molar-refractivity contribution in [3.8, 4) is 0 Å². The SMILES string of the molecule is O=C(c1ccc2nsnc2c1)N1CC2(CC(c3ccccc3)C2)C1. The van der Waals surface area contributed by atoms with Crippen LogP contribution in [0, 0.1) is 5.41 Å². The molecule has 2 aliphatic rings. The van der Waals surface area contributed by atoms with E-state index in [1.807, 2.05) is 23.1 Å². The lowest BCUT2D eigenvalue weighted by molar-refractivity contribution is -0.0553. The molecule has 0 radical (unpaired) electrons. The Morgan fingerprint density at radius 2 is 1.79 bits per heavy atom. The van der Waals surface area contributed by atoms with Crippen molar-refractivity contribution in [2.45, 2.75) is 18.8 Å². The van der Waals surface area contributed by atoms with E-state index in [0.717, 1.165) is 29.7 Å². The maximum absolute atomic E-state index is 12.7. The Bertz CT molecular complexity index is 907. The van der Waals surface area contributed by atoms with Gasteiger partial charge in [-0.05, 0) is 42.5 Å². The van der Waals surface area contributed by atoms with E-state index in [-0.39, 0.29) is 5.91 Å². The number of likely N-dealkylation sites (tertiary alicyclic amines) is 1. The van der Waals surface area contributed by atoms with Gasteiger partial charge in [0.25, 0.3) is 5.91 Å². The minimum absolute atomic E-state index is 0.124. The number of fused-ring (bicyclic) bond motifs is 1. The van der Waals surface area contributed by atoms with Gasteiger partial charge in [-0.3, -0.25) is 4.79 Å². The first-order chi connectivity index (χ1) is 11.7. The molecule has 2 fully saturated rings. The molecule has 0 atom stereocenters. The zero-order valence-electron chi connectivity index (χ0n) is 13.2. The third kappa shape index (κ3) is 2.15. The van der Waals surface area contributed by atoms with Crippen molar-refractivity contribution in [1.29, 1.82) is 0 Å². The Balaban J connectivity index is 1.24. The van der Waals surface area contributed by atoms with Crippen LogP contribution in [0.25, 0.3) is 11.0 Å². The van der Waals surface area contributed by atoms with Crippen LogP contribution < -0.4 is 0 Å². The maximum atomic E-state index is 12.7. The summed E-state index contributed by atoms with van der Waals surface area (Å²) >= 11 is 1.19. The fourth-order valence-electron chi connectivity index (χ4n) is 4.21. The van der Waals surface area contributed by atoms with E-state index >= 15 is 0 Å². The van der Waals surface area contributed by atoms with Gasteiger partial charge in [-0.25, -0.2) is 0 Å². The molecule has 5 rings (SSSR count). The molecule has 1 saturated carbocycles. The molecule has 4 nitrogen and oxygen atoms in total. The number of rotatable bonds is 2. The van der Waals surface area contributed by atoms with E-state index in [9.17, 15) is 4.79 Å². The number of hydrogen-bond acceptors (Lipinski definition) is 4. The number of benzene rings is 2. The summed E-state index contributed by atoms with van der Waals surface area (Å²) in [7, 11) is 0. The molecule has 1 spiro atoms. The summed E-state index contributed by atoms with van der Waals surface area (Å²) in [6.07, 6.45) is 2.41. The van der Waals surface area contributed by atoms with Gasteiger partial charge < -0.3 is 4.90 Å². The largest absolute Gasteiger partial charge is 0.337 e. The lowest BCUT2D eigenvalue weighted by atomic mass is 9.56. The number of aromatic nitrogens is 2. The Kier molecular flexibility index (Phi) is 3.00. The van der Waals surface area contributed by atoms with Crippen molar-refractivity contribution < 1.29 is 4.79 Å². The molecular formula is C19H17N3OS. The fourth-order valence-corrected chi connectivity index (χ4v) is 4.73. The molecule has 5 heteroatoms. The van der Waals surface area contributed by atoms with Gasteiger partial charge in [-0.2, -0.15) is 8.75 Å². The highest BCUT2D eigenvalue weighted by atomic mass is 32.1. The van der Waals surface area contributed by atoms with Crippen molar-refractivity contribution >= 4 is 28.7 Å². The quantitative estimate of drug-likeness (QED) is 0.717. The molecule has 2 aromatic carbocycles. The van der Waals surface area contributed by atoms with E-state index in [2.05, 4.69) is 39.1 Å². The standard InChI is InChI=1S/C19H17N3OS/c23-18(14-6-7-16-17(8-14)21-24-20-16)22-11-19(12-22)9-15(10-19)13-4-2-1-3-5-13/h1-8,15H,9-12H2. The highest BCUT2D eigenvalue weighted by Gasteiger charge is 2.53. The highest BCUT2D eigenvalue weighted by Crippen LogP contribution is 2.56. The molecule has 1 aromatic heterocycles. The Morgan fingerprint density at radius 3 is 2.58 bits per heavy atom. The summed E-state index contributed by atoms with van der Waals surface area (Å²) < 4.78 is 8.41. The first-order valence-electron chi connectivity index (χ1n) is 8.29. The van der Waals surface area contributed by atoms with E-state index in [1.54, 1.807) is 0 Å². The third-order valence-corrected chi connectivity index (χ3v) is 6.03. The Hall–Kier alpha value is -2.27. The monoisotopic (exact) mass is 335 g/mol. The molecule has 1 aliphatic heterocycles. The van der Waals surface area contributed by atoms with Crippen LogP contribution in [0.15, 0.2) is 48.5 Å². The number of carbonyl (C=O) groups excluding carboxylic acids is 1. The van der Waals surface area contributed by atoms with Crippen molar-refractivity contribution in [1.82, 2.24) is 13.6 Å². The summed E-state index contributed by atoms with van der Waals surface area (Å²) in [5, 5.41) is 0. The molecular weight excluding hydrogens is 318 g/mol. The molecule has 1 aliphatic carbocycles. The summed E-state index contributed by atoms with van der Waals surface area (Å²) in [5.74, 6) is 0.791. The first kappa shape index (κ1) is 14.1. The Labute approximate surface area is 144 Å². The van der Waals surface area contributed by atoms with Crippen LogP contribution in [0.2, 0.25) is 0 Å². The lowest BCUT2D eigenvalue weighted by Crippen LogP contribution is -2.63. The van der Waals surface area contributed by atoms with Crippen LogP contribution in [0.5, 0.6) is 0 Å². The van der Waals surface area contributed by atoms with E-state index in [1.165, 1.54) is 30.1 Å². The zero-order valence-corrected chi connectivity index (χ0v) is 14.0. The second-order valence-electron chi connectivity index (χ2n) is 7.14. The number of carbonyl (C=O) groups is 1. The molecule has 0 N–H and O–H groups in total. The normalized spacial score (nSPS) is 19.2. The van der Waals surface area contributed by atoms with Crippen LogP contribution in [-0.4, -0.2) is 32.6 Å². The Morgan fingerprint density at radius 1 is 1.04 bits per heavy atom. The van der Waals surface area contributed by atoms with E-state index in [0.29, 0.717) is 11.3 Å². The van der Waals surface area contributed by atoms with Gasteiger partial charge in [0.2, 0.25) is 0 Å². The molecule has 120 valence electrons.